The van der Waals surface area contributed by atoms with Crippen LogP contribution in [0.25, 0.3) is 28.0 Å². The number of anilines is 1. The van der Waals surface area contributed by atoms with Crippen molar-refractivity contribution >= 4 is 11.6 Å². The van der Waals surface area contributed by atoms with E-state index in [2.05, 4.69) is 25.3 Å². The minimum absolute atomic E-state index is 0.102. The maximum atomic E-state index is 14.2. The third kappa shape index (κ3) is 5.50. The standard InChI is InChI=1S/C27H30F3N9/c1-16(2)24(17-6-7-22(32-10-17)27(5,29)30)38-14-19(11-34-38)18-8-21(39-23(9-18)35-25(31)36-39)20-12-33-37(13-20)15-26(3,4)28/h6-14,16,24H,15H2,1-5H3,(H2,31,36). The van der Waals surface area contributed by atoms with Crippen LogP contribution in [0.15, 0.2) is 55.2 Å². The van der Waals surface area contributed by atoms with E-state index in [-0.39, 0.29) is 30.1 Å². The molecular formula is C27H30F3N9. The van der Waals surface area contributed by atoms with Crippen LogP contribution in [0.1, 0.15) is 51.9 Å². The summed E-state index contributed by atoms with van der Waals surface area (Å²) in [4.78, 5) is 8.34. The van der Waals surface area contributed by atoms with Crippen molar-refractivity contribution in [1.82, 2.24) is 39.1 Å². The fourth-order valence-electron chi connectivity index (χ4n) is 4.66. The lowest BCUT2D eigenvalue weighted by Crippen LogP contribution is -2.21. The zero-order valence-electron chi connectivity index (χ0n) is 22.3. The van der Waals surface area contributed by atoms with Gasteiger partial charge in [-0.3, -0.25) is 14.3 Å². The van der Waals surface area contributed by atoms with Crippen LogP contribution in [0.5, 0.6) is 0 Å². The van der Waals surface area contributed by atoms with Gasteiger partial charge < -0.3 is 5.73 Å². The number of fused-ring (bicyclic) bond motifs is 1. The monoisotopic (exact) mass is 537 g/mol. The number of halogens is 3. The van der Waals surface area contributed by atoms with Gasteiger partial charge in [-0.05, 0) is 49.1 Å². The highest BCUT2D eigenvalue weighted by Crippen LogP contribution is 2.32. The van der Waals surface area contributed by atoms with Crippen molar-refractivity contribution in [3.63, 3.8) is 0 Å². The first-order chi connectivity index (χ1) is 18.3. The Hall–Kier alpha value is -4.22. The van der Waals surface area contributed by atoms with Crippen LogP contribution < -0.4 is 5.73 Å². The van der Waals surface area contributed by atoms with Gasteiger partial charge in [0.15, 0.2) is 5.65 Å². The van der Waals surface area contributed by atoms with E-state index in [4.69, 9.17) is 5.73 Å². The highest BCUT2D eigenvalue weighted by Gasteiger charge is 2.27. The Morgan fingerprint density at radius 2 is 1.67 bits per heavy atom. The van der Waals surface area contributed by atoms with Gasteiger partial charge in [0.2, 0.25) is 5.95 Å². The SMILES string of the molecule is CC(C)C(c1ccc(C(C)(F)F)nc1)n1cc(-c2cc(-c3cnn(CC(C)(C)F)c3)n3nc(N)nc3c2)cn1. The van der Waals surface area contributed by atoms with Crippen LogP contribution in [-0.2, 0) is 12.5 Å². The second-order valence-electron chi connectivity index (χ2n) is 10.8. The van der Waals surface area contributed by atoms with E-state index < -0.39 is 11.6 Å². The fourth-order valence-corrected chi connectivity index (χ4v) is 4.66. The van der Waals surface area contributed by atoms with Crippen LogP contribution in [0.2, 0.25) is 0 Å². The number of pyridine rings is 2. The minimum Gasteiger partial charge on any atom is -0.366 e. The van der Waals surface area contributed by atoms with Gasteiger partial charge in [0.25, 0.3) is 5.92 Å². The molecule has 0 amide bonds. The van der Waals surface area contributed by atoms with E-state index in [1.54, 1.807) is 33.9 Å². The Labute approximate surface area is 223 Å². The number of hydrogen-bond acceptors (Lipinski definition) is 6. The number of alkyl halides is 3. The minimum atomic E-state index is -3.01. The molecule has 0 saturated carbocycles. The van der Waals surface area contributed by atoms with E-state index in [1.807, 2.05) is 36.9 Å². The predicted octanol–water partition coefficient (Wildman–Crippen LogP) is 5.54. The highest BCUT2D eigenvalue weighted by molar-refractivity contribution is 5.74. The molecule has 5 aromatic rings. The highest BCUT2D eigenvalue weighted by atomic mass is 19.3. The second kappa shape index (κ2) is 9.51. The molecule has 9 nitrogen and oxygen atoms in total. The van der Waals surface area contributed by atoms with Crippen LogP contribution in [0, 0.1) is 5.92 Å². The maximum Gasteiger partial charge on any atom is 0.286 e. The summed E-state index contributed by atoms with van der Waals surface area (Å²) < 4.78 is 46.5. The molecular weight excluding hydrogens is 507 g/mol. The lowest BCUT2D eigenvalue weighted by Gasteiger charge is -2.22. The van der Waals surface area contributed by atoms with Gasteiger partial charge in [-0.1, -0.05) is 19.9 Å². The average molecular weight is 538 g/mol. The Morgan fingerprint density at radius 3 is 2.31 bits per heavy atom. The van der Waals surface area contributed by atoms with Gasteiger partial charge in [-0.2, -0.15) is 24.0 Å². The van der Waals surface area contributed by atoms with Crippen molar-refractivity contribution in [2.24, 2.45) is 5.92 Å². The lowest BCUT2D eigenvalue weighted by atomic mass is 9.97. The van der Waals surface area contributed by atoms with Gasteiger partial charge in [-0.25, -0.2) is 8.91 Å². The molecule has 0 spiro atoms. The van der Waals surface area contributed by atoms with Crippen molar-refractivity contribution in [3.8, 4) is 22.4 Å². The first-order valence-corrected chi connectivity index (χ1v) is 12.6. The molecule has 0 bridgehead atoms. The molecule has 5 rings (SSSR count). The molecule has 1 unspecified atom stereocenters. The van der Waals surface area contributed by atoms with Crippen molar-refractivity contribution in [2.45, 2.75) is 58.8 Å². The molecule has 39 heavy (non-hydrogen) atoms. The third-order valence-corrected chi connectivity index (χ3v) is 6.35. The Kier molecular flexibility index (Phi) is 6.44. The summed E-state index contributed by atoms with van der Waals surface area (Å²) in [5, 5.41) is 13.2. The number of nitrogens with zero attached hydrogens (tertiary/aromatic N) is 8. The van der Waals surface area contributed by atoms with Gasteiger partial charge in [0.05, 0.1) is 30.7 Å². The van der Waals surface area contributed by atoms with Gasteiger partial charge in [0, 0.05) is 36.6 Å². The quantitative estimate of drug-likeness (QED) is 0.279. The summed E-state index contributed by atoms with van der Waals surface area (Å²) in [6.07, 6.45) is 8.53. The molecule has 12 heteroatoms. The van der Waals surface area contributed by atoms with E-state index >= 15 is 0 Å². The summed E-state index contributed by atoms with van der Waals surface area (Å²) in [5.74, 6) is -2.78. The second-order valence-corrected chi connectivity index (χ2v) is 10.8. The molecule has 0 aliphatic rings. The summed E-state index contributed by atoms with van der Waals surface area (Å²) >= 11 is 0. The summed E-state index contributed by atoms with van der Waals surface area (Å²) in [5.41, 5.74) is 8.56. The number of rotatable bonds is 8. The van der Waals surface area contributed by atoms with Crippen molar-refractivity contribution in [1.29, 1.82) is 0 Å². The number of aromatic nitrogens is 8. The van der Waals surface area contributed by atoms with Crippen molar-refractivity contribution in [3.05, 3.63) is 66.5 Å². The molecule has 0 aliphatic heterocycles. The van der Waals surface area contributed by atoms with Gasteiger partial charge in [-0.15, -0.1) is 5.10 Å². The van der Waals surface area contributed by atoms with Gasteiger partial charge in [0.1, 0.15) is 11.4 Å². The third-order valence-electron chi connectivity index (χ3n) is 6.35. The van der Waals surface area contributed by atoms with Crippen molar-refractivity contribution in [2.75, 3.05) is 5.73 Å². The van der Waals surface area contributed by atoms with Crippen LogP contribution >= 0.6 is 0 Å². The molecule has 0 aromatic carbocycles. The largest absolute Gasteiger partial charge is 0.366 e. The first-order valence-electron chi connectivity index (χ1n) is 12.6. The molecule has 0 saturated heterocycles. The molecule has 1 atom stereocenters. The molecule has 2 N–H and O–H groups in total. The fraction of sp³-hybridized carbons (Fsp3) is 0.370. The molecule has 0 fully saturated rings. The normalized spacial score (nSPS) is 13.5. The Bertz CT molecular complexity index is 1600. The zero-order valence-corrected chi connectivity index (χ0v) is 22.3. The predicted molar refractivity (Wildman–Crippen MR) is 142 cm³/mol. The summed E-state index contributed by atoms with van der Waals surface area (Å²) in [6, 6.07) is 6.59. The van der Waals surface area contributed by atoms with E-state index in [1.165, 1.54) is 26.1 Å². The molecule has 0 radical (unpaired) electrons. The molecule has 0 aliphatic carbocycles. The summed E-state index contributed by atoms with van der Waals surface area (Å²) in [7, 11) is 0. The van der Waals surface area contributed by atoms with E-state index in [0.717, 1.165) is 29.2 Å². The molecule has 5 heterocycles. The first kappa shape index (κ1) is 26.4. The zero-order chi connectivity index (χ0) is 28.1. The molecule has 204 valence electrons. The molecule has 5 aromatic heterocycles. The Balaban J connectivity index is 1.53. The lowest BCUT2D eigenvalue weighted by molar-refractivity contribution is 0.0127. The van der Waals surface area contributed by atoms with Crippen LogP contribution in [0.3, 0.4) is 0 Å². The maximum absolute atomic E-state index is 14.2. The number of hydrogen-bond donors (Lipinski definition) is 1. The van der Waals surface area contributed by atoms with E-state index in [0.29, 0.717) is 11.3 Å². The summed E-state index contributed by atoms with van der Waals surface area (Å²) in [6.45, 7) is 8.00. The Morgan fingerprint density at radius 1 is 0.923 bits per heavy atom. The van der Waals surface area contributed by atoms with Gasteiger partial charge >= 0.3 is 0 Å². The number of nitrogen functional groups attached to an aromatic ring is 1. The van der Waals surface area contributed by atoms with Crippen LogP contribution in [-0.4, -0.2) is 44.8 Å². The van der Waals surface area contributed by atoms with E-state index in [9.17, 15) is 13.2 Å². The van der Waals surface area contributed by atoms with Crippen LogP contribution in [0.4, 0.5) is 19.1 Å². The topological polar surface area (TPSA) is 105 Å². The smallest absolute Gasteiger partial charge is 0.286 e. The average Bonchev–Trinajstić information content (AvgIpc) is 3.56. The number of nitrogens with two attached hydrogens (primary N) is 1. The van der Waals surface area contributed by atoms with Crippen molar-refractivity contribution < 1.29 is 13.2 Å².